The van der Waals surface area contributed by atoms with E-state index in [0.717, 1.165) is 0 Å². The molecule has 2 heteroatoms. The molecule has 0 saturated heterocycles. The molecule has 0 aromatic rings. The van der Waals surface area contributed by atoms with Crippen molar-refractivity contribution in [3.8, 4) is 12.3 Å². The number of hydrogen-bond acceptors (Lipinski definition) is 2. The number of carbonyl (C=O) groups is 1. The van der Waals surface area contributed by atoms with E-state index in [2.05, 4.69) is 25.8 Å². The Morgan fingerprint density at radius 2 is 2.29 bits per heavy atom. The number of hydrogen-bond donors (Lipinski definition) is 0. The van der Waals surface area contributed by atoms with Gasteiger partial charge in [-0.15, -0.1) is 6.42 Å². The minimum Gasteiger partial charge on any atom is -0.452 e. The van der Waals surface area contributed by atoms with Crippen LogP contribution in [0.1, 0.15) is 20.8 Å². The van der Waals surface area contributed by atoms with Gasteiger partial charge >= 0.3 is 5.97 Å². The SMILES string of the molecule is C#CCOC(=O)C1C(/C=C\C)C1(C)C. The quantitative estimate of drug-likeness (QED) is 0.388. The van der Waals surface area contributed by atoms with Gasteiger partial charge in [-0.2, -0.15) is 0 Å². The van der Waals surface area contributed by atoms with E-state index in [-0.39, 0.29) is 23.9 Å². The van der Waals surface area contributed by atoms with E-state index in [4.69, 9.17) is 11.2 Å². The second-order valence-electron chi connectivity index (χ2n) is 4.16. The molecule has 1 fully saturated rings. The van der Waals surface area contributed by atoms with Gasteiger partial charge in [-0.1, -0.05) is 31.9 Å². The molecule has 0 radical (unpaired) electrons. The number of carbonyl (C=O) groups excluding carboxylic acids is 1. The maximum Gasteiger partial charge on any atom is 0.311 e. The fourth-order valence-electron chi connectivity index (χ4n) is 1.90. The van der Waals surface area contributed by atoms with Gasteiger partial charge in [0.25, 0.3) is 0 Å². The molecule has 0 amide bonds. The standard InChI is InChI=1S/C12H16O2/c1-5-7-9-10(12(9,3)4)11(13)14-8-6-2/h2,5,7,9-10H,8H2,1,3-4H3/b7-5-. The Labute approximate surface area is 85.3 Å². The van der Waals surface area contributed by atoms with Crippen LogP contribution in [0.3, 0.4) is 0 Å². The third kappa shape index (κ3) is 1.82. The van der Waals surface area contributed by atoms with E-state index >= 15 is 0 Å². The molecule has 2 unspecified atom stereocenters. The summed E-state index contributed by atoms with van der Waals surface area (Å²) in [5.74, 6) is 2.41. The molecule has 2 nitrogen and oxygen atoms in total. The second-order valence-corrected chi connectivity index (χ2v) is 4.16. The summed E-state index contributed by atoms with van der Waals surface area (Å²) in [6, 6.07) is 0. The van der Waals surface area contributed by atoms with Crippen LogP contribution in [-0.2, 0) is 9.53 Å². The molecule has 76 valence electrons. The Hall–Kier alpha value is -1.23. The maximum atomic E-state index is 11.5. The summed E-state index contributed by atoms with van der Waals surface area (Å²) in [7, 11) is 0. The molecule has 0 aliphatic heterocycles. The zero-order chi connectivity index (χ0) is 10.8. The Bertz CT molecular complexity index is 294. The molecular weight excluding hydrogens is 176 g/mol. The lowest BCUT2D eigenvalue weighted by atomic mass is 10.1. The van der Waals surface area contributed by atoms with Crippen molar-refractivity contribution in [3.63, 3.8) is 0 Å². The predicted octanol–water partition coefficient (Wildman–Crippen LogP) is 2.01. The predicted molar refractivity (Wildman–Crippen MR) is 55.4 cm³/mol. The van der Waals surface area contributed by atoms with Crippen molar-refractivity contribution in [1.82, 2.24) is 0 Å². The van der Waals surface area contributed by atoms with Gasteiger partial charge in [-0.05, 0) is 18.3 Å². The number of allylic oxidation sites excluding steroid dienone is 2. The summed E-state index contributed by atoms with van der Waals surface area (Å²) in [5.41, 5.74) is 0.0260. The Kier molecular flexibility index (Phi) is 3.00. The van der Waals surface area contributed by atoms with E-state index in [1.807, 2.05) is 13.0 Å². The van der Waals surface area contributed by atoms with Gasteiger partial charge in [0.1, 0.15) is 0 Å². The molecule has 2 atom stereocenters. The molecule has 0 spiro atoms. The molecule has 14 heavy (non-hydrogen) atoms. The maximum absolute atomic E-state index is 11.5. The van der Waals surface area contributed by atoms with Crippen molar-refractivity contribution in [1.29, 1.82) is 0 Å². The molecule has 1 aliphatic rings. The molecular formula is C12H16O2. The summed E-state index contributed by atoms with van der Waals surface area (Å²) >= 11 is 0. The van der Waals surface area contributed by atoms with Crippen molar-refractivity contribution < 1.29 is 9.53 Å². The third-order valence-electron chi connectivity index (χ3n) is 2.86. The van der Waals surface area contributed by atoms with Crippen LogP contribution in [0.25, 0.3) is 0 Å². The van der Waals surface area contributed by atoms with Crippen molar-refractivity contribution >= 4 is 5.97 Å². The Morgan fingerprint density at radius 3 is 2.79 bits per heavy atom. The van der Waals surface area contributed by atoms with Crippen molar-refractivity contribution in [2.45, 2.75) is 20.8 Å². The van der Waals surface area contributed by atoms with Gasteiger partial charge in [0.15, 0.2) is 6.61 Å². The summed E-state index contributed by atoms with van der Waals surface area (Å²) in [5, 5.41) is 0. The monoisotopic (exact) mass is 192 g/mol. The average molecular weight is 192 g/mol. The van der Waals surface area contributed by atoms with Crippen LogP contribution in [0.2, 0.25) is 0 Å². The molecule has 0 aromatic carbocycles. The van der Waals surface area contributed by atoms with Crippen molar-refractivity contribution in [3.05, 3.63) is 12.2 Å². The van der Waals surface area contributed by atoms with Gasteiger partial charge in [-0.3, -0.25) is 4.79 Å². The highest BCUT2D eigenvalue weighted by atomic mass is 16.5. The smallest absolute Gasteiger partial charge is 0.311 e. The highest BCUT2D eigenvalue weighted by Gasteiger charge is 2.61. The van der Waals surface area contributed by atoms with E-state index in [0.29, 0.717) is 5.92 Å². The summed E-state index contributed by atoms with van der Waals surface area (Å²) < 4.78 is 4.92. The molecule has 0 N–H and O–H groups in total. The normalized spacial score (nSPS) is 28.4. The van der Waals surface area contributed by atoms with Crippen molar-refractivity contribution in [2.24, 2.45) is 17.3 Å². The lowest BCUT2D eigenvalue weighted by molar-refractivity contribution is -0.144. The topological polar surface area (TPSA) is 26.3 Å². The summed E-state index contributed by atoms with van der Waals surface area (Å²) in [6.45, 7) is 6.17. The summed E-state index contributed by atoms with van der Waals surface area (Å²) in [6.07, 6.45) is 9.05. The highest BCUT2D eigenvalue weighted by Crippen LogP contribution is 2.59. The summed E-state index contributed by atoms with van der Waals surface area (Å²) in [4.78, 5) is 11.5. The molecule has 0 bridgehead atoms. The molecule has 1 saturated carbocycles. The van der Waals surface area contributed by atoms with Crippen LogP contribution < -0.4 is 0 Å². The molecule has 0 aromatic heterocycles. The van der Waals surface area contributed by atoms with Gasteiger partial charge in [-0.25, -0.2) is 0 Å². The third-order valence-corrected chi connectivity index (χ3v) is 2.86. The first-order chi connectivity index (χ1) is 6.55. The lowest BCUT2D eigenvalue weighted by Crippen LogP contribution is -2.10. The van der Waals surface area contributed by atoms with Crippen LogP contribution in [0.5, 0.6) is 0 Å². The minimum absolute atomic E-state index is 0.0213. The average Bonchev–Trinajstić information content (AvgIpc) is 2.65. The van der Waals surface area contributed by atoms with Crippen molar-refractivity contribution in [2.75, 3.05) is 6.61 Å². The highest BCUT2D eigenvalue weighted by molar-refractivity contribution is 5.78. The van der Waals surface area contributed by atoms with E-state index < -0.39 is 0 Å². The number of ether oxygens (including phenoxy) is 1. The lowest BCUT2D eigenvalue weighted by Gasteiger charge is -2.01. The van der Waals surface area contributed by atoms with Gasteiger partial charge in [0, 0.05) is 0 Å². The van der Waals surface area contributed by atoms with Crippen LogP contribution in [0.15, 0.2) is 12.2 Å². The Morgan fingerprint density at radius 1 is 1.64 bits per heavy atom. The number of rotatable bonds is 3. The van der Waals surface area contributed by atoms with Crippen LogP contribution in [-0.4, -0.2) is 12.6 Å². The van der Waals surface area contributed by atoms with E-state index in [9.17, 15) is 4.79 Å². The van der Waals surface area contributed by atoms with Gasteiger partial charge in [0.05, 0.1) is 5.92 Å². The number of terminal acetylenes is 1. The number of esters is 1. The van der Waals surface area contributed by atoms with Gasteiger partial charge in [0.2, 0.25) is 0 Å². The van der Waals surface area contributed by atoms with Crippen LogP contribution >= 0.6 is 0 Å². The molecule has 0 heterocycles. The zero-order valence-electron chi connectivity index (χ0n) is 8.91. The first-order valence-electron chi connectivity index (χ1n) is 4.78. The fourth-order valence-corrected chi connectivity index (χ4v) is 1.90. The van der Waals surface area contributed by atoms with E-state index in [1.54, 1.807) is 0 Å². The minimum atomic E-state index is -0.170. The fraction of sp³-hybridized carbons (Fsp3) is 0.583. The zero-order valence-corrected chi connectivity index (χ0v) is 8.91. The van der Waals surface area contributed by atoms with Gasteiger partial charge < -0.3 is 4.74 Å². The van der Waals surface area contributed by atoms with E-state index in [1.165, 1.54) is 0 Å². The second kappa shape index (κ2) is 3.88. The van der Waals surface area contributed by atoms with Crippen LogP contribution in [0.4, 0.5) is 0 Å². The van der Waals surface area contributed by atoms with Crippen LogP contribution in [0, 0.1) is 29.6 Å². The first-order valence-corrected chi connectivity index (χ1v) is 4.78. The molecule has 1 aliphatic carbocycles. The molecule has 1 rings (SSSR count). The largest absolute Gasteiger partial charge is 0.452 e. The Balaban J connectivity index is 2.56. The first kappa shape index (κ1) is 10.8.